The van der Waals surface area contributed by atoms with Crippen molar-refractivity contribution in [2.45, 2.75) is 32.4 Å². The van der Waals surface area contributed by atoms with Gasteiger partial charge in [-0.1, -0.05) is 42.5 Å². The second-order valence-electron chi connectivity index (χ2n) is 6.92. The molecule has 4 aromatic rings. The highest BCUT2D eigenvalue weighted by Gasteiger charge is 2.36. The van der Waals surface area contributed by atoms with Crippen LogP contribution in [0.1, 0.15) is 40.6 Å². The van der Waals surface area contributed by atoms with E-state index in [1.165, 1.54) is 27.4 Å². The number of quaternary nitrogens is 1. The zero-order chi connectivity index (χ0) is 18.4. The van der Waals surface area contributed by atoms with E-state index in [1.54, 1.807) is 10.8 Å². The van der Waals surface area contributed by atoms with Crippen LogP contribution in [-0.4, -0.2) is 26.2 Å². The lowest BCUT2D eigenvalue weighted by atomic mass is 9.97. The number of hydrogen-bond donors (Lipinski definition) is 2. The van der Waals surface area contributed by atoms with Crippen molar-refractivity contribution in [2.75, 3.05) is 6.54 Å². The molecular formula is C20H21N4O2S+. The lowest BCUT2D eigenvalue weighted by molar-refractivity contribution is -0.941. The van der Waals surface area contributed by atoms with Crippen LogP contribution in [-0.2, 0) is 19.4 Å². The van der Waals surface area contributed by atoms with E-state index in [2.05, 4.69) is 34.3 Å². The van der Waals surface area contributed by atoms with Crippen LogP contribution < -0.4 is 4.90 Å². The van der Waals surface area contributed by atoms with Gasteiger partial charge in [0, 0.05) is 18.4 Å². The summed E-state index contributed by atoms with van der Waals surface area (Å²) in [7, 11) is 0. The molecule has 6 nitrogen and oxygen atoms in total. The molecule has 5 rings (SSSR count). The second-order valence-corrected chi connectivity index (χ2v) is 7.93. The fourth-order valence-corrected chi connectivity index (χ4v) is 5.09. The number of benzene rings is 1. The van der Waals surface area contributed by atoms with E-state index >= 15 is 0 Å². The number of fused-ring (bicyclic) bond motifs is 2. The number of furan rings is 1. The van der Waals surface area contributed by atoms with Gasteiger partial charge in [0.1, 0.15) is 11.4 Å². The zero-order valence-electron chi connectivity index (χ0n) is 15.1. The molecule has 0 saturated carbocycles. The largest absolute Gasteiger partial charge is 0.492 e. The number of hydrogen-bond acceptors (Lipinski definition) is 5. The molecule has 2 N–H and O–H groups in total. The Balaban J connectivity index is 1.59. The van der Waals surface area contributed by atoms with Crippen molar-refractivity contribution >= 4 is 16.3 Å². The maximum atomic E-state index is 10.9. The SMILES string of the molecule is CCc1nc2sc([C@H](c3ccco3)[NH+]3CCc4ccccc4C3)c(O)n2n1. The van der Waals surface area contributed by atoms with Gasteiger partial charge in [-0.05, 0) is 17.7 Å². The first-order valence-corrected chi connectivity index (χ1v) is 10.1. The van der Waals surface area contributed by atoms with Crippen molar-refractivity contribution in [3.63, 3.8) is 0 Å². The lowest BCUT2D eigenvalue weighted by Crippen LogP contribution is -3.12. The standard InChI is InChI=1S/C20H20N4O2S/c1-2-16-21-20-24(22-16)19(25)18(27-20)17(15-8-5-11-26-15)23-10-9-13-6-3-4-7-14(13)12-23/h3-8,11,17,25H,2,9-10,12H2,1H3/p+1/t17-/m0/s1. The molecule has 0 radical (unpaired) electrons. The highest BCUT2D eigenvalue weighted by atomic mass is 32.1. The predicted octanol–water partition coefficient (Wildman–Crippen LogP) is 2.38. The molecule has 1 aliphatic rings. The molecule has 1 unspecified atom stereocenters. The molecule has 1 aromatic carbocycles. The Morgan fingerprint density at radius 1 is 1.26 bits per heavy atom. The fourth-order valence-electron chi connectivity index (χ4n) is 3.95. The summed E-state index contributed by atoms with van der Waals surface area (Å²) < 4.78 is 7.35. The Kier molecular flexibility index (Phi) is 3.98. The first-order chi connectivity index (χ1) is 13.2. The van der Waals surface area contributed by atoms with E-state index in [4.69, 9.17) is 4.42 Å². The molecule has 7 heteroatoms. The molecule has 27 heavy (non-hydrogen) atoms. The van der Waals surface area contributed by atoms with Crippen LogP contribution in [0.25, 0.3) is 4.96 Å². The van der Waals surface area contributed by atoms with E-state index in [0.717, 1.165) is 47.4 Å². The van der Waals surface area contributed by atoms with Crippen LogP contribution in [0.15, 0.2) is 47.1 Å². The van der Waals surface area contributed by atoms with Crippen molar-refractivity contribution in [3.05, 3.63) is 70.3 Å². The Morgan fingerprint density at radius 2 is 2.11 bits per heavy atom. The maximum absolute atomic E-state index is 10.9. The molecule has 138 valence electrons. The quantitative estimate of drug-likeness (QED) is 0.570. The Bertz CT molecular complexity index is 1080. The normalized spacial score (nSPS) is 17.9. The van der Waals surface area contributed by atoms with Crippen LogP contribution in [0, 0.1) is 0 Å². The highest BCUT2D eigenvalue weighted by Crippen LogP contribution is 2.35. The van der Waals surface area contributed by atoms with Gasteiger partial charge in [-0.2, -0.15) is 4.52 Å². The number of thiazole rings is 1. The summed E-state index contributed by atoms with van der Waals surface area (Å²) in [6.45, 7) is 3.89. The molecule has 0 saturated heterocycles. The molecule has 0 bridgehead atoms. The van der Waals surface area contributed by atoms with Gasteiger partial charge in [0.2, 0.25) is 10.8 Å². The first-order valence-electron chi connectivity index (χ1n) is 9.26. The molecule has 2 atom stereocenters. The molecule has 0 spiro atoms. The van der Waals surface area contributed by atoms with Crippen molar-refractivity contribution in [1.82, 2.24) is 14.6 Å². The minimum atomic E-state index is -0.0769. The average molecular weight is 381 g/mol. The number of nitrogens with zero attached hydrogens (tertiary/aromatic N) is 3. The topological polar surface area (TPSA) is 68.0 Å². The molecule has 1 aliphatic heterocycles. The average Bonchev–Trinajstić information content (AvgIpc) is 3.42. The van der Waals surface area contributed by atoms with Gasteiger partial charge in [-0.25, -0.2) is 4.98 Å². The third-order valence-electron chi connectivity index (χ3n) is 5.31. The predicted molar refractivity (Wildman–Crippen MR) is 102 cm³/mol. The van der Waals surface area contributed by atoms with Gasteiger partial charge < -0.3 is 14.4 Å². The van der Waals surface area contributed by atoms with E-state index in [-0.39, 0.29) is 11.9 Å². The lowest BCUT2D eigenvalue weighted by Gasteiger charge is -2.31. The number of aromatic nitrogens is 3. The number of nitrogens with one attached hydrogen (secondary N) is 1. The highest BCUT2D eigenvalue weighted by molar-refractivity contribution is 7.17. The van der Waals surface area contributed by atoms with Gasteiger partial charge in [0.05, 0.1) is 12.8 Å². The van der Waals surface area contributed by atoms with Crippen LogP contribution in [0.4, 0.5) is 0 Å². The summed E-state index contributed by atoms with van der Waals surface area (Å²) in [5.41, 5.74) is 2.78. The third-order valence-corrected chi connectivity index (χ3v) is 6.39. The van der Waals surface area contributed by atoms with Gasteiger partial charge >= 0.3 is 0 Å². The summed E-state index contributed by atoms with van der Waals surface area (Å²) >= 11 is 1.50. The number of aromatic hydroxyl groups is 1. The monoisotopic (exact) mass is 381 g/mol. The summed E-state index contributed by atoms with van der Waals surface area (Å²) in [5, 5.41) is 15.3. The Labute approximate surface area is 160 Å². The van der Waals surface area contributed by atoms with Gasteiger partial charge in [-0.15, -0.1) is 5.10 Å². The van der Waals surface area contributed by atoms with Crippen molar-refractivity contribution in [1.29, 1.82) is 0 Å². The van der Waals surface area contributed by atoms with Crippen molar-refractivity contribution in [3.8, 4) is 5.88 Å². The fraction of sp³-hybridized carbons (Fsp3) is 0.300. The number of rotatable bonds is 4. The minimum Gasteiger partial charge on any atom is -0.492 e. The Morgan fingerprint density at radius 3 is 2.85 bits per heavy atom. The van der Waals surface area contributed by atoms with E-state index in [0.29, 0.717) is 0 Å². The van der Waals surface area contributed by atoms with E-state index in [9.17, 15) is 5.11 Å². The molecule has 0 amide bonds. The minimum absolute atomic E-state index is 0.0769. The molecule has 0 fully saturated rings. The van der Waals surface area contributed by atoms with Crippen molar-refractivity contribution < 1.29 is 14.4 Å². The van der Waals surface area contributed by atoms with Crippen LogP contribution in [0.2, 0.25) is 0 Å². The zero-order valence-corrected chi connectivity index (χ0v) is 15.9. The van der Waals surface area contributed by atoms with E-state index < -0.39 is 0 Å². The second kappa shape index (κ2) is 6.51. The maximum Gasteiger partial charge on any atom is 0.235 e. The van der Waals surface area contributed by atoms with Gasteiger partial charge in [-0.3, -0.25) is 0 Å². The van der Waals surface area contributed by atoms with Gasteiger partial charge in [0.25, 0.3) is 0 Å². The van der Waals surface area contributed by atoms with Crippen LogP contribution in [0.5, 0.6) is 5.88 Å². The van der Waals surface area contributed by atoms with Crippen LogP contribution in [0.3, 0.4) is 0 Å². The summed E-state index contributed by atoms with van der Waals surface area (Å²) in [5.74, 6) is 1.78. The smallest absolute Gasteiger partial charge is 0.235 e. The van der Waals surface area contributed by atoms with Crippen molar-refractivity contribution in [2.24, 2.45) is 0 Å². The summed E-state index contributed by atoms with van der Waals surface area (Å²) in [4.78, 5) is 7.48. The van der Waals surface area contributed by atoms with E-state index in [1.807, 2.05) is 19.1 Å². The molecule has 4 heterocycles. The summed E-state index contributed by atoms with van der Waals surface area (Å²) in [6, 6.07) is 12.4. The summed E-state index contributed by atoms with van der Waals surface area (Å²) in [6.07, 6.45) is 3.46. The molecule has 3 aromatic heterocycles. The molecular weight excluding hydrogens is 360 g/mol. The third kappa shape index (κ3) is 2.74. The van der Waals surface area contributed by atoms with Gasteiger partial charge in [0.15, 0.2) is 17.6 Å². The first kappa shape index (κ1) is 16.5. The van der Waals surface area contributed by atoms with Crippen LogP contribution >= 0.6 is 11.3 Å². The molecule has 0 aliphatic carbocycles. The number of aryl methyl sites for hydroxylation is 1. The Hall–Kier alpha value is -2.64.